The normalized spacial score (nSPS) is 11.8. The number of benzene rings is 2. The summed E-state index contributed by atoms with van der Waals surface area (Å²) in [6.07, 6.45) is 0. The van der Waals surface area contributed by atoms with E-state index >= 15 is 0 Å². The lowest BCUT2D eigenvalue weighted by Crippen LogP contribution is -2.23. The summed E-state index contributed by atoms with van der Waals surface area (Å²) in [5.74, 6) is -0.147. The number of rotatable bonds is 5. The van der Waals surface area contributed by atoms with E-state index in [1.165, 1.54) is 17.8 Å². The summed E-state index contributed by atoms with van der Waals surface area (Å²) < 4.78 is 0. The number of amides is 1. The number of hydrogen-bond acceptors (Lipinski definition) is 4. The number of nitrogens with zero attached hydrogens (tertiary/aromatic N) is 1. The van der Waals surface area contributed by atoms with Crippen LogP contribution in [0.25, 0.3) is 11.3 Å². The van der Waals surface area contributed by atoms with Crippen molar-refractivity contribution in [3.63, 3.8) is 0 Å². The number of aryl methyl sites for hydroxylation is 1. The number of thioether (sulfide) groups is 1. The van der Waals surface area contributed by atoms with E-state index in [0.29, 0.717) is 10.9 Å². The van der Waals surface area contributed by atoms with Crippen LogP contribution < -0.4 is 10.9 Å². The Kier molecular flexibility index (Phi) is 5.53. The molecule has 5 nitrogen and oxygen atoms in total. The summed E-state index contributed by atoms with van der Waals surface area (Å²) in [5.41, 5.74) is 3.07. The van der Waals surface area contributed by atoms with Crippen LogP contribution >= 0.6 is 11.8 Å². The van der Waals surface area contributed by atoms with Crippen molar-refractivity contribution in [3.8, 4) is 11.3 Å². The second-order valence-electron chi connectivity index (χ2n) is 5.92. The molecule has 2 aromatic carbocycles. The largest absolute Gasteiger partial charge is 0.325 e. The Hall–Kier alpha value is -2.86. The molecular weight excluding hydrogens is 346 g/mol. The van der Waals surface area contributed by atoms with E-state index in [1.54, 1.807) is 6.92 Å². The van der Waals surface area contributed by atoms with Gasteiger partial charge in [-0.15, -0.1) is 0 Å². The van der Waals surface area contributed by atoms with Crippen molar-refractivity contribution in [2.45, 2.75) is 24.3 Å². The topological polar surface area (TPSA) is 74.8 Å². The Labute approximate surface area is 155 Å². The van der Waals surface area contributed by atoms with E-state index in [-0.39, 0.29) is 11.5 Å². The smallest absolute Gasteiger partial charge is 0.252 e. The number of aromatic amines is 1. The van der Waals surface area contributed by atoms with Crippen LogP contribution in [0.5, 0.6) is 0 Å². The number of anilines is 1. The first-order valence-electron chi connectivity index (χ1n) is 8.22. The summed E-state index contributed by atoms with van der Waals surface area (Å²) in [6.45, 7) is 3.77. The molecule has 6 heteroatoms. The molecule has 0 radical (unpaired) electrons. The fraction of sp³-hybridized carbons (Fsp3) is 0.150. The van der Waals surface area contributed by atoms with E-state index in [4.69, 9.17) is 0 Å². The molecule has 0 aliphatic carbocycles. The first-order valence-corrected chi connectivity index (χ1v) is 9.10. The molecule has 0 spiro atoms. The van der Waals surface area contributed by atoms with Gasteiger partial charge < -0.3 is 10.3 Å². The van der Waals surface area contributed by atoms with Gasteiger partial charge in [0.25, 0.3) is 5.56 Å². The van der Waals surface area contributed by atoms with Gasteiger partial charge in [0.05, 0.1) is 10.9 Å². The van der Waals surface area contributed by atoms with Gasteiger partial charge in [-0.25, -0.2) is 4.98 Å². The summed E-state index contributed by atoms with van der Waals surface area (Å²) in [7, 11) is 0. The quantitative estimate of drug-likeness (QED) is 0.532. The molecule has 0 aliphatic heterocycles. The highest BCUT2D eigenvalue weighted by molar-refractivity contribution is 8.00. The van der Waals surface area contributed by atoms with Crippen LogP contribution in [0.15, 0.2) is 70.6 Å². The van der Waals surface area contributed by atoms with Crippen LogP contribution in [0.1, 0.15) is 12.5 Å². The lowest BCUT2D eigenvalue weighted by Gasteiger charge is -2.12. The third-order valence-corrected chi connectivity index (χ3v) is 4.75. The van der Waals surface area contributed by atoms with E-state index < -0.39 is 5.25 Å². The zero-order valence-electron chi connectivity index (χ0n) is 14.5. The first kappa shape index (κ1) is 17.9. The van der Waals surface area contributed by atoms with E-state index in [0.717, 1.165) is 16.8 Å². The molecule has 1 atom stereocenters. The molecule has 0 aliphatic rings. The van der Waals surface area contributed by atoms with Crippen molar-refractivity contribution < 1.29 is 4.79 Å². The van der Waals surface area contributed by atoms with Crippen molar-refractivity contribution in [1.82, 2.24) is 9.97 Å². The summed E-state index contributed by atoms with van der Waals surface area (Å²) in [5, 5.41) is 2.88. The molecule has 3 aromatic rings. The van der Waals surface area contributed by atoms with Gasteiger partial charge in [-0.1, -0.05) is 59.8 Å². The number of carbonyl (C=O) groups excluding carboxylic acids is 1. The van der Waals surface area contributed by atoms with Gasteiger partial charge in [0.15, 0.2) is 5.16 Å². The summed E-state index contributed by atoms with van der Waals surface area (Å²) in [4.78, 5) is 31.5. The monoisotopic (exact) mass is 365 g/mol. The van der Waals surface area contributed by atoms with Crippen LogP contribution in [0.2, 0.25) is 0 Å². The maximum atomic E-state index is 12.4. The molecule has 0 bridgehead atoms. The summed E-state index contributed by atoms with van der Waals surface area (Å²) >= 11 is 1.22. The molecule has 2 N–H and O–H groups in total. The van der Waals surface area contributed by atoms with Gasteiger partial charge in [-0.3, -0.25) is 9.59 Å². The second-order valence-corrected chi connectivity index (χ2v) is 7.25. The van der Waals surface area contributed by atoms with Crippen molar-refractivity contribution >= 4 is 23.4 Å². The Morgan fingerprint density at radius 2 is 1.81 bits per heavy atom. The highest BCUT2D eigenvalue weighted by atomic mass is 32.2. The fourth-order valence-electron chi connectivity index (χ4n) is 2.35. The van der Waals surface area contributed by atoms with Gasteiger partial charge in [-0.2, -0.15) is 0 Å². The Morgan fingerprint density at radius 1 is 1.12 bits per heavy atom. The number of hydrogen-bond donors (Lipinski definition) is 2. The Morgan fingerprint density at radius 3 is 2.50 bits per heavy atom. The van der Waals surface area contributed by atoms with Crippen molar-refractivity contribution in [2.75, 3.05) is 5.32 Å². The Bertz CT molecular complexity index is 953. The minimum atomic E-state index is -0.412. The molecule has 26 heavy (non-hydrogen) atoms. The lowest BCUT2D eigenvalue weighted by molar-refractivity contribution is -0.115. The van der Waals surface area contributed by atoms with Crippen LogP contribution in [0.4, 0.5) is 5.69 Å². The SMILES string of the molecule is Cc1ccc(NC(=O)C(C)Sc2nc(-c3ccccc3)cc(=O)[nH]2)cc1. The van der Waals surface area contributed by atoms with Crippen molar-refractivity contribution in [2.24, 2.45) is 0 Å². The number of aromatic nitrogens is 2. The second kappa shape index (κ2) is 8.01. The lowest BCUT2D eigenvalue weighted by atomic mass is 10.1. The van der Waals surface area contributed by atoms with Gasteiger partial charge in [-0.05, 0) is 26.0 Å². The first-order chi connectivity index (χ1) is 12.5. The summed E-state index contributed by atoms with van der Waals surface area (Å²) in [6, 6.07) is 18.5. The standard InChI is InChI=1S/C20H19N3O2S/c1-13-8-10-16(11-9-13)21-19(25)14(2)26-20-22-17(12-18(24)23-20)15-6-4-3-5-7-15/h3-12,14H,1-2H3,(H,21,25)(H,22,23,24). The van der Waals surface area contributed by atoms with E-state index in [2.05, 4.69) is 15.3 Å². The van der Waals surface area contributed by atoms with Gasteiger partial charge in [0.2, 0.25) is 5.91 Å². The Balaban J connectivity index is 1.73. The van der Waals surface area contributed by atoms with E-state index in [1.807, 2.05) is 61.5 Å². The average molecular weight is 365 g/mol. The molecular formula is C20H19N3O2S. The number of nitrogens with one attached hydrogen (secondary N) is 2. The molecule has 3 rings (SSSR count). The highest BCUT2D eigenvalue weighted by Crippen LogP contribution is 2.23. The number of carbonyl (C=O) groups is 1. The third-order valence-electron chi connectivity index (χ3n) is 3.77. The molecule has 1 unspecified atom stereocenters. The van der Waals surface area contributed by atoms with E-state index in [9.17, 15) is 9.59 Å². The highest BCUT2D eigenvalue weighted by Gasteiger charge is 2.16. The van der Waals surface area contributed by atoms with Crippen LogP contribution in [0.3, 0.4) is 0 Å². The maximum Gasteiger partial charge on any atom is 0.252 e. The molecule has 0 saturated carbocycles. The van der Waals surface area contributed by atoms with Gasteiger partial charge in [0.1, 0.15) is 0 Å². The minimum absolute atomic E-state index is 0.147. The van der Waals surface area contributed by atoms with Crippen molar-refractivity contribution in [3.05, 3.63) is 76.6 Å². The molecule has 1 aromatic heterocycles. The maximum absolute atomic E-state index is 12.4. The van der Waals surface area contributed by atoms with Gasteiger partial charge >= 0.3 is 0 Å². The average Bonchev–Trinajstić information content (AvgIpc) is 2.64. The van der Waals surface area contributed by atoms with Crippen LogP contribution in [-0.4, -0.2) is 21.1 Å². The van der Waals surface area contributed by atoms with Crippen LogP contribution in [0, 0.1) is 6.92 Å². The molecule has 1 amide bonds. The zero-order valence-corrected chi connectivity index (χ0v) is 15.3. The zero-order chi connectivity index (χ0) is 18.5. The van der Waals surface area contributed by atoms with Crippen LogP contribution in [-0.2, 0) is 4.79 Å². The van der Waals surface area contributed by atoms with Gasteiger partial charge in [0, 0.05) is 17.3 Å². The number of H-pyrrole nitrogens is 1. The molecule has 1 heterocycles. The fourth-order valence-corrected chi connectivity index (χ4v) is 3.16. The third kappa shape index (κ3) is 4.61. The molecule has 0 fully saturated rings. The minimum Gasteiger partial charge on any atom is -0.325 e. The molecule has 0 saturated heterocycles. The van der Waals surface area contributed by atoms with Crippen molar-refractivity contribution in [1.29, 1.82) is 0 Å². The molecule has 132 valence electrons. The predicted octanol–water partition coefficient (Wildman–Crippen LogP) is 3.86. The predicted molar refractivity (Wildman–Crippen MR) is 105 cm³/mol.